The maximum Gasteiger partial charge on any atom is 0.425 e. The van der Waals surface area contributed by atoms with Gasteiger partial charge in [-0.1, -0.05) is 53.5 Å². The second-order valence-corrected chi connectivity index (χ2v) is 29.3. The van der Waals surface area contributed by atoms with Crippen LogP contribution in [0.1, 0.15) is 129 Å². The van der Waals surface area contributed by atoms with Crippen LogP contribution in [0, 0.1) is 17.3 Å². The van der Waals surface area contributed by atoms with Crippen molar-refractivity contribution in [1.29, 1.82) is 0 Å². The summed E-state index contributed by atoms with van der Waals surface area (Å²) in [6.07, 6.45) is -0.442. The van der Waals surface area contributed by atoms with Crippen molar-refractivity contribution in [2.24, 2.45) is 0 Å². The van der Waals surface area contributed by atoms with E-state index in [9.17, 15) is 18.9 Å². The van der Waals surface area contributed by atoms with E-state index in [1.165, 1.54) is 12.3 Å². The molecule has 0 N–H and O–H groups in total. The summed E-state index contributed by atoms with van der Waals surface area (Å²) in [4.78, 5) is 66.0. The molecule has 0 saturated carbocycles. The predicted octanol–water partition coefficient (Wildman–Crippen LogP) is 11.1. The third kappa shape index (κ3) is 9.92. The molecule has 2 fully saturated rings. The van der Waals surface area contributed by atoms with E-state index in [0.29, 0.717) is 57.7 Å². The number of imide groups is 1. The second-order valence-electron chi connectivity index (χ2n) is 22.4. The smallest absolute Gasteiger partial charge is 0.425 e. The third-order valence-electron chi connectivity index (χ3n) is 13.1. The summed E-state index contributed by atoms with van der Waals surface area (Å²) in [6.45, 7) is 31.0. The number of anilines is 2. The number of hydrogen-bond acceptors (Lipinski definition) is 13. The molecule has 3 aliphatic rings. The molecule has 6 heterocycles. The monoisotopic (exact) mass is 985 g/mol. The molecule has 0 spiro atoms. The van der Waals surface area contributed by atoms with Crippen molar-refractivity contribution in [2.75, 3.05) is 22.6 Å². The maximum atomic E-state index is 18.3. The molecule has 2 bridgehead atoms. The van der Waals surface area contributed by atoms with Crippen LogP contribution in [0.3, 0.4) is 0 Å². The number of ether oxygens (including phenoxy) is 4. The number of hydrogen-bond donors (Lipinski definition) is 0. The van der Waals surface area contributed by atoms with E-state index in [-0.39, 0.29) is 56.6 Å². The first-order valence-electron chi connectivity index (χ1n) is 23.9. The summed E-state index contributed by atoms with van der Waals surface area (Å²) in [6, 6.07) is 5.60. The topological polar surface area (TPSA) is 172 Å². The first-order valence-corrected chi connectivity index (χ1v) is 27.7. The van der Waals surface area contributed by atoms with Gasteiger partial charge in [0.15, 0.2) is 11.6 Å². The highest BCUT2D eigenvalue weighted by Crippen LogP contribution is 2.48. The Kier molecular flexibility index (Phi) is 13.8. The molecule has 15 nitrogen and oxygen atoms in total. The van der Waals surface area contributed by atoms with Crippen molar-refractivity contribution in [3.8, 4) is 28.6 Å². The van der Waals surface area contributed by atoms with Crippen LogP contribution in [-0.2, 0) is 25.4 Å². The number of fused-ring (bicyclic) bond motifs is 6. The maximum absolute atomic E-state index is 18.3. The zero-order valence-electron chi connectivity index (χ0n) is 43.2. The van der Waals surface area contributed by atoms with Crippen molar-refractivity contribution >= 4 is 71.0 Å². The largest absolute Gasteiger partial charge is 0.609 e. The Labute approximate surface area is 409 Å². The van der Waals surface area contributed by atoms with E-state index in [0.717, 1.165) is 0 Å². The van der Waals surface area contributed by atoms with Crippen LogP contribution in [0.2, 0.25) is 16.6 Å². The quantitative estimate of drug-likeness (QED) is 0.0588. The highest BCUT2D eigenvalue weighted by atomic mass is 32.2. The molecule has 1 aromatic carbocycles. The number of piperazine rings is 1. The summed E-state index contributed by atoms with van der Waals surface area (Å²) in [5.41, 5.74) is 2.36. The molecule has 18 heteroatoms. The van der Waals surface area contributed by atoms with Gasteiger partial charge in [-0.2, -0.15) is 14.9 Å². The predicted molar refractivity (Wildman–Crippen MR) is 269 cm³/mol. The summed E-state index contributed by atoms with van der Waals surface area (Å²) >= 11 is -1.77. The lowest BCUT2D eigenvalue weighted by molar-refractivity contribution is 0.000883. The molecule has 69 heavy (non-hydrogen) atoms. The van der Waals surface area contributed by atoms with Gasteiger partial charge in [0.05, 0.1) is 23.6 Å². The Morgan fingerprint density at radius 2 is 1.46 bits per heavy atom. The average molecular weight is 986 g/mol. The lowest BCUT2D eigenvalue weighted by atomic mass is 9.98. The number of benzene rings is 1. The fraction of sp³-hybridized carbons (Fsp3) is 0.588. The average Bonchev–Trinajstić information content (AvgIpc) is 3.45. The van der Waals surface area contributed by atoms with E-state index in [1.54, 1.807) is 58.6 Å². The highest BCUT2D eigenvalue weighted by Gasteiger charge is 2.54. The second kappa shape index (κ2) is 18.5. The molecule has 2 saturated heterocycles. The fourth-order valence-electron chi connectivity index (χ4n) is 10.5. The molecular formula is C51H68FN7O8SSi. The number of halogens is 1. The van der Waals surface area contributed by atoms with E-state index in [1.807, 2.05) is 38.7 Å². The molecular weight excluding hydrogens is 918 g/mol. The lowest BCUT2D eigenvalue weighted by Crippen LogP contribution is -2.65. The van der Waals surface area contributed by atoms with Crippen LogP contribution in [0.25, 0.3) is 33.1 Å². The Hall–Kier alpha value is -5.25. The molecule has 3 aliphatic heterocycles. The Bertz CT molecular complexity index is 2710. The first-order chi connectivity index (χ1) is 31.9. The SMILES string of the molecule is CC(C)[Si](C#Cc1cccc2nc(N(C(=O)OC(C)(C)C)C(=O)OC(C)(C)C)cc(-c3nc4c5c(nc([S+](C)[O-])nc5c3F)N3C[C@H]5CC[C@@H]([C@H]3[C@H](C)O4)N5C(=O)OC(C)(C)C)c12)(C(C)C)C(C)C. The zero-order valence-corrected chi connectivity index (χ0v) is 45.0. The minimum absolute atomic E-state index is 0.00323. The normalized spacial score (nSPS) is 19.8. The van der Waals surface area contributed by atoms with Crippen molar-refractivity contribution in [1.82, 2.24) is 24.8 Å². The molecule has 1 unspecified atom stereocenters. The van der Waals surface area contributed by atoms with Crippen LogP contribution < -0.4 is 14.5 Å². The highest BCUT2D eigenvalue weighted by molar-refractivity contribution is 7.90. The van der Waals surface area contributed by atoms with E-state index in [2.05, 4.69) is 58.0 Å². The van der Waals surface area contributed by atoms with Gasteiger partial charge in [-0.15, -0.1) is 5.54 Å². The first kappa shape index (κ1) is 51.6. The lowest BCUT2D eigenvalue weighted by Gasteiger charge is -2.48. The van der Waals surface area contributed by atoms with E-state index < -0.39 is 72.3 Å². The third-order valence-corrected chi connectivity index (χ3v) is 20.1. The van der Waals surface area contributed by atoms with Crippen LogP contribution in [0.5, 0.6) is 5.88 Å². The van der Waals surface area contributed by atoms with Crippen molar-refractivity contribution in [2.45, 2.75) is 186 Å². The van der Waals surface area contributed by atoms with Crippen LogP contribution in [-0.4, -0.2) is 110 Å². The number of pyridine rings is 2. The number of rotatable bonds is 6. The molecule has 3 aromatic heterocycles. The van der Waals surface area contributed by atoms with Gasteiger partial charge in [0.1, 0.15) is 59.7 Å². The molecule has 3 amide bonds. The Morgan fingerprint density at radius 3 is 2.01 bits per heavy atom. The van der Waals surface area contributed by atoms with Gasteiger partial charge >= 0.3 is 23.4 Å². The van der Waals surface area contributed by atoms with Gasteiger partial charge in [0.25, 0.3) is 0 Å². The van der Waals surface area contributed by atoms with Gasteiger partial charge < -0.3 is 28.4 Å². The van der Waals surface area contributed by atoms with Gasteiger partial charge in [-0.25, -0.2) is 28.7 Å². The van der Waals surface area contributed by atoms with Crippen molar-refractivity contribution in [3.63, 3.8) is 0 Å². The fourth-order valence-corrected chi connectivity index (χ4v) is 16.1. The molecule has 4 aromatic rings. The Morgan fingerprint density at radius 1 is 0.870 bits per heavy atom. The summed E-state index contributed by atoms with van der Waals surface area (Å²) in [7, 11) is -2.34. The standard InChI is InChI=1S/C51H68FN7O8SSi/c1-27(2)69(28(3)4,29(5)6)24-23-31-19-18-20-34-37(31)33(25-36(53-34)59(47(61)66-50(11,12)13)48(62)67-51(14,15)16)40-39(52)41-38-43(56-45(55-41)68(17)63)57-26-32-21-22-35(42(57)30(7)64-44(38)54-40)58(32)46(60)65-49(8,9)10/h18-20,25,27-30,32,35,42H,21-22,26H2,1-17H3/t30-,32+,35-,42+,68?/m0/s1. The zero-order chi connectivity index (χ0) is 51.0. The van der Waals surface area contributed by atoms with Crippen molar-refractivity contribution in [3.05, 3.63) is 35.6 Å². The van der Waals surface area contributed by atoms with Gasteiger partial charge in [0, 0.05) is 34.2 Å². The van der Waals surface area contributed by atoms with Crippen LogP contribution >= 0.6 is 0 Å². The number of aromatic nitrogens is 4. The van der Waals surface area contributed by atoms with E-state index >= 15 is 4.39 Å². The number of nitrogens with zero attached hydrogens (tertiary/aromatic N) is 7. The molecule has 5 atom stereocenters. The molecule has 372 valence electrons. The van der Waals surface area contributed by atoms with Gasteiger partial charge in [-0.3, -0.25) is 4.90 Å². The summed E-state index contributed by atoms with van der Waals surface area (Å²) < 4.78 is 55.9. The summed E-state index contributed by atoms with van der Waals surface area (Å²) in [5, 5.41) is 0.464. The minimum atomic E-state index is -2.34. The summed E-state index contributed by atoms with van der Waals surface area (Å²) in [5.74, 6) is 2.71. The van der Waals surface area contributed by atoms with Crippen LogP contribution in [0.4, 0.5) is 30.4 Å². The van der Waals surface area contributed by atoms with Crippen LogP contribution in [0.15, 0.2) is 29.4 Å². The minimum Gasteiger partial charge on any atom is -0.609 e. The van der Waals surface area contributed by atoms with Gasteiger partial charge in [-0.05, 0) is 117 Å². The van der Waals surface area contributed by atoms with Crippen molar-refractivity contribution < 1.29 is 42.3 Å². The molecule has 7 rings (SSSR count). The van der Waals surface area contributed by atoms with Gasteiger partial charge in [0.2, 0.25) is 5.88 Å². The number of carbonyl (C=O) groups excluding carboxylic acids is 3. The molecule has 0 aliphatic carbocycles. The van der Waals surface area contributed by atoms with E-state index in [4.69, 9.17) is 33.9 Å². The number of amides is 3. The Balaban J connectivity index is 1.54. The molecule has 0 radical (unpaired) electrons. The number of carbonyl (C=O) groups is 3.